The summed E-state index contributed by atoms with van der Waals surface area (Å²) in [6, 6.07) is 3.98. The molecule has 1 aromatic rings. The van der Waals surface area contributed by atoms with Gasteiger partial charge >= 0.3 is 6.18 Å². The Morgan fingerprint density at radius 1 is 1.19 bits per heavy atom. The van der Waals surface area contributed by atoms with E-state index in [9.17, 15) is 26.4 Å². The van der Waals surface area contributed by atoms with E-state index >= 15 is 0 Å². The number of carbonyl (C=O) groups excluding carboxylic acids is 1. The average Bonchev–Trinajstić information content (AvgIpc) is 2.66. The minimum atomic E-state index is -4.45. The van der Waals surface area contributed by atoms with Gasteiger partial charge in [-0.05, 0) is 45.0 Å². The highest BCUT2D eigenvalue weighted by Gasteiger charge is 2.41. The molecular formula is C19H28F3IN4O3S. The van der Waals surface area contributed by atoms with Crippen LogP contribution in [-0.4, -0.2) is 68.4 Å². The van der Waals surface area contributed by atoms with Gasteiger partial charge in [-0.1, -0.05) is 0 Å². The van der Waals surface area contributed by atoms with Crippen molar-refractivity contribution in [1.29, 1.82) is 0 Å². The van der Waals surface area contributed by atoms with Gasteiger partial charge in [-0.3, -0.25) is 9.79 Å². The number of sulfone groups is 1. The lowest BCUT2D eigenvalue weighted by Gasteiger charge is -2.39. The van der Waals surface area contributed by atoms with Crippen LogP contribution in [0.4, 0.5) is 13.2 Å². The topological polar surface area (TPSA) is 90.9 Å². The van der Waals surface area contributed by atoms with Gasteiger partial charge in [0, 0.05) is 31.7 Å². The van der Waals surface area contributed by atoms with Crippen LogP contribution >= 0.6 is 24.0 Å². The fourth-order valence-corrected chi connectivity index (χ4v) is 4.36. The van der Waals surface area contributed by atoms with E-state index in [2.05, 4.69) is 15.6 Å². The maximum Gasteiger partial charge on any atom is 0.416 e. The van der Waals surface area contributed by atoms with Gasteiger partial charge in [0.1, 0.15) is 0 Å². The SMILES string of the molecule is CCNC(=NCCNC(=O)c1ccc(C(F)(F)F)cc1)N1CCS(=O)(=O)C(C)(C)C1.I. The van der Waals surface area contributed by atoms with E-state index in [4.69, 9.17) is 0 Å². The molecule has 2 N–H and O–H groups in total. The largest absolute Gasteiger partial charge is 0.416 e. The lowest BCUT2D eigenvalue weighted by Crippen LogP contribution is -2.57. The highest BCUT2D eigenvalue weighted by Crippen LogP contribution is 2.29. The Labute approximate surface area is 197 Å². The third-order valence-corrected chi connectivity index (χ3v) is 7.34. The predicted molar refractivity (Wildman–Crippen MR) is 125 cm³/mol. The van der Waals surface area contributed by atoms with Crippen LogP contribution in [0.1, 0.15) is 36.7 Å². The summed E-state index contributed by atoms with van der Waals surface area (Å²) in [5.74, 6) is 0.105. The van der Waals surface area contributed by atoms with Crippen molar-refractivity contribution in [3.63, 3.8) is 0 Å². The van der Waals surface area contributed by atoms with Crippen LogP contribution in [0.25, 0.3) is 0 Å². The number of amides is 1. The maximum atomic E-state index is 12.6. The average molecular weight is 576 g/mol. The van der Waals surface area contributed by atoms with Crippen LogP contribution < -0.4 is 10.6 Å². The zero-order valence-corrected chi connectivity index (χ0v) is 20.8. The number of guanidine groups is 1. The molecule has 0 radical (unpaired) electrons. The second kappa shape index (κ2) is 10.8. The molecule has 0 aromatic heterocycles. The van der Waals surface area contributed by atoms with Crippen LogP contribution in [0.3, 0.4) is 0 Å². The molecule has 0 saturated carbocycles. The smallest absolute Gasteiger partial charge is 0.357 e. The number of aliphatic imine (C=N–C) groups is 1. The van der Waals surface area contributed by atoms with Gasteiger partial charge in [0.05, 0.1) is 22.6 Å². The first-order valence-electron chi connectivity index (χ1n) is 9.58. The first-order valence-corrected chi connectivity index (χ1v) is 11.2. The second-order valence-electron chi connectivity index (χ2n) is 7.57. The van der Waals surface area contributed by atoms with Gasteiger partial charge in [-0.25, -0.2) is 8.42 Å². The number of carbonyl (C=O) groups is 1. The van der Waals surface area contributed by atoms with Crippen molar-refractivity contribution in [2.24, 2.45) is 4.99 Å². The fourth-order valence-electron chi connectivity index (χ4n) is 2.99. The molecule has 0 atom stereocenters. The summed E-state index contributed by atoms with van der Waals surface area (Å²) < 4.78 is 61.2. The van der Waals surface area contributed by atoms with Crippen LogP contribution in [0.5, 0.6) is 0 Å². The third kappa shape index (κ3) is 7.22. The molecule has 0 bridgehead atoms. The monoisotopic (exact) mass is 576 g/mol. The predicted octanol–water partition coefficient (Wildman–Crippen LogP) is 2.53. The van der Waals surface area contributed by atoms with Gasteiger partial charge in [-0.2, -0.15) is 13.2 Å². The Morgan fingerprint density at radius 2 is 1.81 bits per heavy atom. The molecular weight excluding hydrogens is 548 g/mol. The van der Waals surface area contributed by atoms with Gasteiger partial charge in [0.25, 0.3) is 5.91 Å². The summed E-state index contributed by atoms with van der Waals surface area (Å²) in [6.45, 7) is 6.91. The van der Waals surface area contributed by atoms with Gasteiger partial charge in [0.2, 0.25) is 0 Å². The highest BCUT2D eigenvalue weighted by atomic mass is 127. The molecule has 1 fully saturated rings. The number of nitrogens with one attached hydrogen (secondary N) is 2. The number of benzene rings is 1. The molecule has 1 aliphatic heterocycles. The van der Waals surface area contributed by atoms with Gasteiger partial charge < -0.3 is 15.5 Å². The molecule has 7 nitrogen and oxygen atoms in total. The van der Waals surface area contributed by atoms with Crippen LogP contribution in [0.2, 0.25) is 0 Å². The molecule has 1 aromatic carbocycles. The summed E-state index contributed by atoms with van der Waals surface area (Å²) in [6.07, 6.45) is -4.45. The van der Waals surface area contributed by atoms with Crippen molar-refractivity contribution in [2.45, 2.75) is 31.7 Å². The molecule has 1 saturated heterocycles. The minimum Gasteiger partial charge on any atom is -0.357 e. The van der Waals surface area contributed by atoms with Crippen molar-refractivity contribution in [3.05, 3.63) is 35.4 Å². The maximum absolute atomic E-state index is 12.6. The van der Waals surface area contributed by atoms with E-state index < -0.39 is 32.2 Å². The molecule has 0 spiro atoms. The van der Waals surface area contributed by atoms with Crippen LogP contribution in [0.15, 0.2) is 29.3 Å². The van der Waals surface area contributed by atoms with E-state index in [1.165, 1.54) is 0 Å². The number of rotatable bonds is 5. The highest BCUT2D eigenvalue weighted by molar-refractivity contribution is 14.0. The van der Waals surface area contributed by atoms with E-state index in [1.807, 2.05) is 11.8 Å². The normalized spacial score (nSPS) is 18.1. The molecule has 0 aliphatic carbocycles. The van der Waals surface area contributed by atoms with Crippen LogP contribution in [-0.2, 0) is 16.0 Å². The van der Waals surface area contributed by atoms with Gasteiger partial charge in [0.15, 0.2) is 15.8 Å². The van der Waals surface area contributed by atoms with Crippen molar-refractivity contribution < 1.29 is 26.4 Å². The quantitative estimate of drug-likeness (QED) is 0.244. The van der Waals surface area contributed by atoms with Crippen molar-refractivity contribution in [3.8, 4) is 0 Å². The minimum absolute atomic E-state index is 0. The van der Waals surface area contributed by atoms with E-state index in [0.717, 1.165) is 24.3 Å². The summed E-state index contributed by atoms with van der Waals surface area (Å²) in [5.41, 5.74) is -0.688. The number of hydrogen-bond donors (Lipinski definition) is 2. The van der Waals surface area contributed by atoms with Crippen LogP contribution in [0, 0.1) is 0 Å². The Hall–Kier alpha value is -1.57. The van der Waals surface area contributed by atoms with E-state index in [0.29, 0.717) is 25.6 Å². The first-order chi connectivity index (χ1) is 13.9. The molecule has 12 heteroatoms. The third-order valence-electron chi connectivity index (χ3n) is 4.81. The number of nitrogens with zero attached hydrogens (tertiary/aromatic N) is 2. The molecule has 31 heavy (non-hydrogen) atoms. The second-order valence-corrected chi connectivity index (χ2v) is 10.3. The summed E-state index contributed by atoms with van der Waals surface area (Å²) in [4.78, 5) is 18.4. The number of halogens is 4. The van der Waals surface area contributed by atoms with E-state index in [1.54, 1.807) is 13.8 Å². The Bertz CT molecular complexity index is 888. The number of hydrogen-bond acceptors (Lipinski definition) is 4. The zero-order chi connectivity index (χ0) is 22.6. The Morgan fingerprint density at radius 3 is 2.32 bits per heavy atom. The van der Waals surface area contributed by atoms with Crippen molar-refractivity contribution >= 4 is 45.7 Å². The molecule has 0 unspecified atom stereocenters. The van der Waals surface area contributed by atoms with Crippen molar-refractivity contribution in [2.75, 3.05) is 38.5 Å². The summed E-state index contributed by atoms with van der Waals surface area (Å²) in [7, 11) is -3.17. The zero-order valence-electron chi connectivity index (χ0n) is 17.6. The summed E-state index contributed by atoms with van der Waals surface area (Å²) in [5, 5.41) is 5.74. The lowest BCUT2D eigenvalue weighted by atomic mass is 10.1. The lowest BCUT2D eigenvalue weighted by molar-refractivity contribution is -0.137. The first kappa shape index (κ1) is 27.5. The molecule has 1 aliphatic rings. The summed E-state index contributed by atoms with van der Waals surface area (Å²) >= 11 is 0. The molecule has 1 amide bonds. The van der Waals surface area contributed by atoms with E-state index in [-0.39, 0.29) is 48.4 Å². The molecule has 176 valence electrons. The molecule has 2 rings (SSSR count). The van der Waals surface area contributed by atoms with Crippen molar-refractivity contribution in [1.82, 2.24) is 15.5 Å². The standard InChI is InChI=1S/C19H27F3N4O3S.HI/c1-4-23-17(26-11-12-30(28,29)18(2,3)13-26)25-10-9-24-16(27)14-5-7-15(8-6-14)19(20,21)22;/h5-8H,4,9-13H2,1-3H3,(H,23,25)(H,24,27);1H. The number of alkyl halides is 3. The molecule has 1 heterocycles. The Balaban J connectivity index is 0.00000480. The fraction of sp³-hybridized carbons (Fsp3) is 0.579. The Kier molecular flexibility index (Phi) is 9.60. The van der Waals surface area contributed by atoms with Gasteiger partial charge in [-0.15, -0.1) is 24.0 Å².